The Balaban J connectivity index is 1.89. The molecule has 0 unspecified atom stereocenters. The van der Waals surface area contributed by atoms with Crippen LogP contribution < -0.4 is 0 Å². The first-order valence-corrected chi connectivity index (χ1v) is 11.0. The predicted octanol–water partition coefficient (Wildman–Crippen LogP) is 8.33. The summed E-state index contributed by atoms with van der Waals surface area (Å²) in [5.41, 5.74) is 9.74. The first-order chi connectivity index (χ1) is 15.9. The number of hydrogen-bond acceptors (Lipinski definition) is 0. The predicted molar refractivity (Wildman–Crippen MR) is 138 cm³/mol. The average Bonchev–Trinajstić information content (AvgIpc) is 2.86. The molecule has 0 heteroatoms. The van der Waals surface area contributed by atoms with E-state index in [1.807, 2.05) is 0 Å². The zero-order valence-corrected chi connectivity index (χ0v) is 17.9. The van der Waals surface area contributed by atoms with Crippen LogP contribution in [0, 0.1) is 0 Å². The molecule has 0 heterocycles. The quantitative estimate of drug-likeness (QED) is 0.318. The van der Waals surface area contributed by atoms with Gasteiger partial charge < -0.3 is 0 Å². The molecule has 0 radical (unpaired) electrons. The summed E-state index contributed by atoms with van der Waals surface area (Å²) >= 11 is 0. The lowest BCUT2D eigenvalue weighted by Crippen LogP contribution is -2.00. The van der Waals surface area contributed by atoms with Crippen molar-refractivity contribution in [3.63, 3.8) is 0 Å². The Kier molecular flexibility index (Phi) is 5.76. The Morgan fingerprint density at radius 2 is 0.562 bits per heavy atom. The van der Waals surface area contributed by atoms with E-state index >= 15 is 0 Å². The standard InChI is InChI=1S/C32H24/c1-5-15-25(16-6-1)29-23-13-14-24-30(26-17-7-2-8-18-26)32(28-21-11-4-12-22-28)31(29)27-19-9-3-10-20-27/h1-24H/b14-13-,23-13?,24-14?,29-23-,30-24-,31-29?,32-30?,32-31-. The molecule has 4 aromatic rings. The van der Waals surface area contributed by atoms with Gasteiger partial charge in [-0.15, -0.1) is 0 Å². The fraction of sp³-hybridized carbons (Fsp3) is 0. The van der Waals surface area contributed by atoms with E-state index in [1.165, 1.54) is 44.5 Å². The molecule has 4 aromatic carbocycles. The second-order valence-electron chi connectivity index (χ2n) is 7.76. The number of hydrogen-bond donors (Lipinski definition) is 0. The molecule has 1 aliphatic rings. The van der Waals surface area contributed by atoms with Crippen LogP contribution in [0.2, 0.25) is 0 Å². The van der Waals surface area contributed by atoms with Crippen LogP contribution in [0.1, 0.15) is 22.3 Å². The van der Waals surface area contributed by atoms with Crippen LogP contribution in [-0.4, -0.2) is 0 Å². The summed E-state index contributed by atoms with van der Waals surface area (Å²) in [4.78, 5) is 0. The highest BCUT2D eigenvalue weighted by atomic mass is 14.2. The molecule has 0 fully saturated rings. The minimum absolute atomic E-state index is 1.21. The Hall–Kier alpha value is -4.16. The average molecular weight is 409 g/mol. The van der Waals surface area contributed by atoms with Crippen LogP contribution >= 0.6 is 0 Å². The van der Waals surface area contributed by atoms with Crippen LogP contribution in [-0.2, 0) is 0 Å². The van der Waals surface area contributed by atoms with E-state index in [9.17, 15) is 0 Å². The van der Waals surface area contributed by atoms with Gasteiger partial charge in [-0.3, -0.25) is 0 Å². The molecule has 0 aliphatic heterocycles. The summed E-state index contributed by atoms with van der Waals surface area (Å²) in [5, 5.41) is 0. The van der Waals surface area contributed by atoms with Crippen LogP contribution in [0.4, 0.5) is 0 Å². The van der Waals surface area contributed by atoms with Crippen molar-refractivity contribution in [2.24, 2.45) is 0 Å². The maximum absolute atomic E-state index is 2.24. The number of allylic oxidation sites excluding steroid dienone is 8. The molecule has 0 N–H and O–H groups in total. The smallest absolute Gasteiger partial charge is 0.00206 e. The molecule has 5 rings (SSSR count). The molecule has 0 spiro atoms. The summed E-state index contributed by atoms with van der Waals surface area (Å²) in [7, 11) is 0. The molecule has 0 amide bonds. The highest BCUT2D eigenvalue weighted by Gasteiger charge is 2.21. The van der Waals surface area contributed by atoms with E-state index in [2.05, 4.69) is 146 Å². The van der Waals surface area contributed by atoms with Gasteiger partial charge in [-0.25, -0.2) is 0 Å². The molecule has 152 valence electrons. The maximum Gasteiger partial charge on any atom is -0.00206 e. The van der Waals surface area contributed by atoms with Crippen molar-refractivity contribution in [1.29, 1.82) is 0 Å². The van der Waals surface area contributed by atoms with Gasteiger partial charge in [-0.05, 0) is 44.5 Å². The van der Waals surface area contributed by atoms with Crippen LogP contribution in [0.25, 0.3) is 22.3 Å². The summed E-state index contributed by atoms with van der Waals surface area (Å²) in [6.45, 7) is 0. The van der Waals surface area contributed by atoms with E-state index in [0.717, 1.165) is 0 Å². The van der Waals surface area contributed by atoms with Crippen molar-refractivity contribution in [2.75, 3.05) is 0 Å². The van der Waals surface area contributed by atoms with E-state index in [-0.39, 0.29) is 0 Å². The molecule has 1 aliphatic carbocycles. The monoisotopic (exact) mass is 408 g/mol. The largest absolute Gasteiger partial charge is 0.0622 e. The van der Waals surface area contributed by atoms with Gasteiger partial charge in [0.15, 0.2) is 0 Å². The highest BCUT2D eigenvalue weighted by Crippen LogP contribution is 2.44. The van der Waals surface area contributed by atoms with Crippen molar-refractivity contribution in [3.8, 4) is 0 Å². The zero-order chi connectivity index (χ0) is 21.6. The first kappa shape index (κ1) is 19.8. The molecular formula is C32H24. The SMILES string of the molecule is C1=C\C=C(c2ccccc2)/C(c2ccccc2)=C(c2ccccc2)\C(c2ccccc2)=C/1. The third-order valence-electron chi connectivity index (χ3n) is 5.72. The Morgan fingerprint density at radius 1 is 0.281 bits per heavy atom. The molecule has 0 atom stereocenters. The van der Waals surface area contributed by atoms with Gasteiger partial charge in [0.05, 0.1) is 0 Å². The van der Waals surface area contributed by atoms with Gasteiger partial charge in [0.25, 0.3) is 0 Å². The lowest BCUT2D eigenvalue weighted by molar-refractivity contribution is 1.54. The van der Waals surface area contributed by atoms with Crippen molar-refractivity contribution in [1.82, 2.24) is 0 Å². The van der Waals surface area contributed by atoms with E-state index in [4.69, 9.17) is 0 Å². The number of rotatable bonds is 4. The third kappa shape index (κ3) is 4.04. The van der Waals surface area contributed by atoms with Crippen LogP contribution in [0.15, 0.2) is 146 Å². The van der Waals surface area contributed by atoms with Gasteiger partial charge in [0.1, 0.15) is 0 Å². The molecule has 0 nitrogen and oxygen atoms in total. The second-order valence-corrected chi connectivity index (χ2v) is 7.76. The van der Waals surface area contributed by atoms with Crippen LogP contribution in [0.5, 0.6) is 0 Å². The fourth-order valence-corrected chi connectivity index (χ4v) is 4.27. The van der Waals surface area contributed by atoms with Crippen molar-refractivity contribution in [3.05, 3.63) is 168 Å². The normalized spacial score (nSPS) is 20.2. The lowest BCUT2D eigenvalue weighted by atomic mass is 9.80. The van der Waals surface area contributed by atoms with E-state index in [1.54, 1.807) is 0 Å². The van der Waals surface area contributed by atoms with Crippen molar-refractivity contribution in [2.45, 2.75) is 0 Å². The summed E-state index contributed by atoms with van der Waals surface area (Å²) in [6, 6.07) is 42.8. The maximum atomic E-state index is 2.24. The fourth-order valence-electron chi connectivity index (χ4n) is 4.27. The van der Waals surface area contributed by atoms with Crippen molar-refractivity contribution >= 4 is 22.3 Å². The van der Waals surface area contributed by atoms with Crippen molar-refractivity contribution < 1.29 is 0 Å². The van der Waals surface area contributed by atoms with E-state index < -0.39 is 0 Å². The Bertz CT molecular complexity index is 1200. The molecule has 0 saturated heterocycles. The molecular weight excluding hydrogens is 384 g/mol. The summed E-state index contributed by atoms with van der Waals surface area (Å²) in [5.74, 6) is 0. The Labute approximate surface area is 190 Å². The summed E-state index contributed by atoms with van der Waals surface area (Å²) < 4.78 is 0. The van der Waals surface area contributed by atoms with Gasteiger partial charge in [-0.2, -0.15) is 0 Å². The van der Waals surface area contributed by atoms with Gasteiger partial charge >= 0.3 is 0 Å². The third-order valence-corrected chi connectivity index (χ3v) is 5.72. The molecule has 0 aromatic heterocycles. The van der Waals surface area contributed by atoms with E-state index in [0.29, 0.717) is 0 Å². The summed E-state index contributed by atoms with van der Waals surface area (Å²) in [6.07, 6.45) is 8.77. The zero-order valence-electron chi connectivity index (χ0n) is 17.9. The van der Waals surface area contributed by atoms with Gasteiger partial charge in [0, 0.05) is 0 Å². The lowest BCUT2D eigenvalue weighted by Gasteiger charge is -2.23. The molecule has 0 saturated carbocycles. The topological polar surface area (TPSA) is 0 Å². The second kappa shape index (κ2) is 9.32. The molecule has 0 bridgehead atoms. The molecule has 32 heavy (non-hydrogen) atoms. The number of benzene rings is 4. The minimum Gasteiger partial charge on any atom is -0.0622 e. The van der Waals surface area contributed by atoms with Crippen LogP contribution in [0.3, 0.4) is 0 Å². The Morgan fingerprint density at radius 3 is 0.875 bits per heavy atom. The van der Waals surface area contributed by atoms with Gasteiger partial charge in [-0.1, -0.05) is 146 Å². The minimum atomic E-state index is 1.21. The van der Waals surface area contributed by atoms with Gasteiger partial charge in [0.2, 0.25) is 0 Å². The first-order valence-electron chi connectivity index (χ1n) is 11.0. The highest BCUT2D eigenvalue weighted by molar-refractivity contribution is 6.26.